The normalized spacial score (nSPS) is 10.6. The predicted molar refractivity (Wildman–Crippen MR) is 103 cm³/mol. The minimum Gasteiger partial charge on any atom is -0.496 e. The molecule has 0 atom stereocenters. The predicted octanol–water partition coefficient (Wildman–Crippen LogP) is 4.09. The number of halogens is 1. The van der Waals surface area contributed by atoms with Gasteiger partial charge >= 0.3 is 0 Å². The second-order valence-electron chi connectivity index (χ2n) is 5.33. The lowest BCUT2D eigenvalue weighted by atomic mass is 10.1. The van der Waals surface area contributed by atoms with Gasteiger partial charge < -0.3 is 19.5 Å². The summed E-state index contributed by atoms with van der Waals surface area (Å²) in [5, 5.41) is 3.25. The fraction of sp³-hybridized carbons (Fsp3) is 0.250. The van der Waals surface area contributed by atoms with Gasteiger partial charge in [0.25, 0.3) is 0 Å². The minimum absolute atomic E-state index is 0.221. The second-order valence-corrected chi connectivity index (χ2v) is 5.74. The zero-order valence-electron chi connectivity index (χ0n) is 15.0. The van der Waals surface area contributed by atoms with E-state index in [4.69, 9.17) is 25.8 Å². The summed E-state index contributed by atoms with van der Waals surface area (Å²) in [5.41, 5.74) is 1.65. The van der Waals surface area contributed by atoms with Crippen molar-refractivity contribution in [3.8, 4) is 17.2 Å². The van der Waals surface area contributed by atoms with Crippen LogP contribution < -0.4 is 19.5 Å². The molecule has 1 N–H and O–H groups in total. The first-order chi connectivity index (χ1) is 12.6. The summed E-state index contributed by atoms with van der Waals surface area (Å²) in [7, 11) is 3.13. The van der Waals surface area contributed by atoms with Gasteiger partial charge in [-0.1, -0.05) is 29.8 Å². The molecule has 0 unspecified atom stereocenters. The molecule has 0 saturated carbocycles. The van der Waals surface area contributed by atoms with Gasteiger partial charge in [0.05, 0.1) is 25.8 Å². The highest BCUT2D eigenvalue weighted by atomic mass is 35.5. The van der Waals surface area contributed by atoms with Crippen LogP contribution in [0.25, 0.3) is 6.08 Å². The van der Waals surface area contributed by atoms with Crippen LogP contribution in [-0.4, -0.2) is 26.7 Å². The fourth-order valence-corrected chi connectivity index (χ4v) is 2.70. The molecule has 0 spiro atoms. The van der Waals surface area contributed by atoms with Gasteiger partial charge in [-0.25, -0.2) is 0 Å². The Kier molecular flexibility index (Phi) is 7.36. The van der Waals surface area contributed by atoms with Crippen LogP contribution in [0.5, 0.6) is 17.2 Å². The molecule has 0 fully saturated rings. The molecule has 2 aromatic carbocycles. The van der Waals surface area contributed by atoms with Crippen LogP contribution in [0.4, 0.5) is 0 Å². The average Bonchev–Trinajstić information content (AvgIpc) is 2.65. The van der Waals surface area contributed by atoms with Crippen molar-refractivity contribution in [2.75, 3.05) is 20.8 Å². The maximum absolute atomic E-state index is 12.1. The highest BCUT2D eigenvalue weighted by Gasteiger charge is 2.10. The molecule has 0 heterocycles. The van der Waals surface area contributed by atoms with Crippen LogP contribution in [-0.2, 0) is 11.3 Å². The summed E-state index contributed by atoms with van der Waals surface area (Å²) in [5.74, 6) is 1.53. The van der Waals surface area contributed by atoms with Gasteiger partial charge in [0.2, 0.25) is 5.91 Å². The molecule has 2 rings (SSSR count). The second kappa shape index (κ2) is 9.73. The molecular weight excluding hydrogens is 354 g/mol. The molecule has 0 aliphatic carbocycles. The van der Waals surface area contributed by atoms with E-state index >= 15 is 0 Å². The Labute approximate surface area is 158 Å². The zero-order valence-corrected chi connectivity index (χ0v) is 15.8. The summed E-state index contributed by atoms with van der Waals surface area (Å²) in [6.07, 6.45) is 3.12. The van der Waals surface area contributed by atoms with Crippen molar-refractivity contribution < 1.29 is 19.0 Å². The van der Waals surface area contributed by atoms with Gasteiger partial charge in [0.1, 0.15) is 5.75 Å². The molecule has 0 radical (unpaired) electrons. The number of carbonyl (C=O) groups is 1. The maximum atomic E-state index is 12.1. The first-order valence-corrected chi connectivity index (χ1v) is 8.55. The summed E-state index contributed by atoms with van der Waals surface area (Å²) in [6, 6.07) is 11.0. The lowest BCUT2D eigenvalue weighted by Gasteiger charge is -2.11. The van der Waals surface area contributed by atoms with Gasteiger partial charge in [0, 0.05) is 18.2 Å². The van der Waals surface area contributed by atoms with E-state index in [9.17, 15) is 4.79 Å². The van der Waals surface area contributed by atoms with Crippen LogP contribution >= 0.6 is 11.6 Å². The molecular formula is C20H22ClNO4. The Morgan fingerprint density at radius 1 is 1.15 bits per heavy atom. The molecule has 0 saturated heterocycles. The van der Waals surface area contributed by atoms with Gasteiger partial charge in [0.15, 0.2) is 11.5 Å². The van der Waals surface area contributed by atoms with Crippen LogP contribution in [0.15, 0.2) is 42.5 Å². The zero-order chi connectivity index (χ0) is 18.9. The Morgan fingerprint density at radius 3 is 2.62 bits per heavy atom. The van der Waals surface area contributed by atoms with E-state index in [1.165, 1.54) is 13.2 Å². The minimum atomic E-state index is -0.221. The van der Waals surface area contributed by atoms with Gasteiger partial charge in [-0.15, -0.1) is 0 Å². The number of para-hydroxylation sites is 1. The fourth-order valence-electron chi connectivity index (χ4n) is 2.41. The number of carbonyl (C=O) groups excluding carboxylic acids is 1. The van der Waals surface area contributed by atoms with E-state index in [1.807, 2.05) is 31.2 Å². The van der Waals surface area contributed by atoms with Gasteiger partial charge in [-0.3, -0.25) is 4.79 Å². The number of amides is 1. The highest BCUT2D eigenvalue weighted by Crippen LogP contribution is 2.36. The standard InChI is InChI=1S/C20H22ClNO4/c1-4-26-18-12-14(11-16(21)20(18)25-3)9-10-19(23)22-13-15-7-5-6-8-17(15)24-2/h5-12H,4,13H2,1-3H3,(H,22,23)/b10-9+. The third kappa shape index (κ3) is 5.17. The molecule has 0 aliphatic rings. The Bertz CT molecular complexity index is 789. The van der Waals surface area contributed by atoms with Crippen LogP contribution in [0, 0.1) is 0 Å². The monoisotopic (exact) mass is 375 g/mol. The van der Waals surface area contributed by atoms with E-state index in [0.29, 0.717) is 29.7 Å². The van der Waals surface area contributed by atoms with Crippen LogP contribution in [0.3, 0.4) is 0 Å². The third-order valence-electron chi connectivity index (χ3n) is 3.61. The van der Waals surface area contributed by atoms with Gasteiger partial charge in [-0.2, -0.15) is 0 Å². The Balaban J connectivity index is 2.05. The van der Waals surface area contributed by atoms with Crippen molar-refractivity contribution in [2.45, 2.75) is 13.5 Å². The lowest BCUT2D eigenvalue weighted by Crippen LogP contribution is -2.20. The summed E-state index contributed by atoms with van der Waals surface area (Å²) in [4.78, 5) is 12.1. The number of benzene rings is 2. The smallest absolute Gasteiger partial charge is 0.244 e. The van der Waals surface area contributed by atoms with E-state index in [0.717, 1.165) is 16.9 Å². The molecule has 5 nitrogen and oxygen atoms in total. The topological polar surface area (TPSA) is 56.8 Å². The van der Waals surface area contributed by atoms with Gasteiger partial charge in [-0.05, 0) is 36.8 Å². The lowest BCUT2D eigenvalue weighted by molar-refractivity contribution is -0.116. The van der Waals surface area contributed by atoms with E-state index in [-0.39, 0.29) is 5.91 Å². The summed E-state index contributed by atoms with van der Waals surface area (Å²) >= 11 is 6.21. The van der Waals surface area contributed by atoms with Crippen molar-refractivity contribution in [3.05, 3.63) is 58.6 Å². The number of nitrogens with one attached hydrogen (secondary N) is 1. The molecule has 0 bridgehead atoms. The van der Waals surface area contributed by atoms with Crippen molar-refractivity contribution in [1.82, 2.24) is 5.32 Å². The number of methoxy groups -OCH3 is 2. The van der Waals surface area contributed by atoms with Crippen molar-refractivity contribution in [3.63, 3.8) is 0 Å². The number of rotatable bonds is 8. The quantitative estimate of drug-likeness (QED) is 0.706. The van der Waals surface area contributed by atoms with E-state index < -0.39 is 0 Å². The average molecular weight is 376 g/mol. The molecule has 0 aliphatic heterocycles. The van der Waals surface area contributed by atoms with E-state index in [1.54, 1.807) is 25.3 Å². The molecule has 2 aromatic rings. The highest BCUT2D eigenvalue weighted by molar-refractivity contribution is 6.32. The Hall–Kier alpha value is -2.66. The molecule has 138 valence electrons. The molecule has 1 amide bonds. The summed E-state index contributed by atoms with van der Waals surface area (Å²) in [6.45, 7) is 2.74. The molecule has 26 heavy (non-hydrogen) atoms. The number of hydrogen-bond acceptors (Lipinski definition) is 4. The summed E-state index contributed by atoms with van der Waals surface area (Å²) < 4.78 is 16.0. The third-order valence-corrected chi connectivity index (χ3v) is 3.89. The number of ether oxygens (including phenoxy) is 3. The first kappa shape index (κ1) is 19.7. The van der Waals surface area contributed by atoms with Crippen molar-refractivity contribution >= 4 is 23.6 Å². The number of hydrogen-bond donors (Lipinski definition) is 1. The van der Waals surface area contributed by atoms with E-state index in [2.05, 4.69) is 5.32 Å². The maximum Gasteiger partial charge on any atom is 0.244 e. The molecule has 0 aromatic heterocycles. The first-order valence-electron chi connectivity index (χ1n) is 8.17. The van der Waals surface area contributed by atoms with Crippen LogP contribution in [0.2, 0.25) is 5.02 Å². The van der Waals surface area contributed by atoms with Crippen molar-refractivity contribution in [1.29, 1.82) is 0 Å². The van der Waals surface area contributed by atoms with Crippen LogP contribution in [0.1, 0.15) is 18.1 Å². The SMILES string of the molecule is CCOc1cc(/C=C/C(=O)NCc2ccccc2OC)cc(Cl)c1OC. The van der Waals surface area contributed by atoms with Crippen molar-refractivity contribution in [2.24, 2.45) is 0 Å². The molecule has 6 heteroatoms. The Morgan fingerprint density at radius 2 is 1.92 bits per heavy atom. The largest absolute Gasteiger partial charge is 0.496 e.